The Balaban J connectivity index is 0.00000110. The number of fused-ring (bicyclic) bond motifs is 1. The van der Waals surface area contributed by atoms with Crippen LogP contribution in [0.2, 0.25) is 0 Å². The van der Waals surface area contributed by atoms with E-state index in [9.17, 15) is 4.79 Å². The van der Waals surface area contributed by atoms with Crippen molar-refractivity contribution in [2.45, 2.75) is 13.0 Å². The van der Waals surface area contributed by atoms with Gasteiger partial charge in [0.25, 0.3) is 5.91 Å². The van der Waals surface area contributed by atoms with Gasteiger partial charge in [-0.1, -0.05) is 24.3 Å². The number of rotatable bonds is 1. The molecule has 1 fully saturated rings. The molecule has 0 saturated carbocycles. The van der Waals surface area contributed by atoms with Gasteiger partial charge in [-0.2, -0.15) is 0 Å². The van der Waals surface area contributed by atoms with Crippen molar-refractivity contribution in [3.63, 3.8) is 0 Å². The van der Waals surface area contributed by atoms with Crippen LogP contribution in [-0.4, -0.2) is 41.5 Å². The first kappa shape index (κ1) is 17.7. The molecule has 2 aromatic rings. The zero-order valence-corrected chi connectivity index (χ0v) is 13.4. The number of para-hydroxylation sites is 1. The fourth-order valence-electron chi connectivity index (χ4n) is 2.48. The van der Waals surface area contributed by atoms with E-state index in [1.807, 2.05) is 41.3 Å². The summed E-state index contributed by atoms with van der Waals surface area (Å²) in [4.78, 5) is 18.9. The Hall–Kier alpha value is -1.36. The molecular formula is C15H19Cl2N3O. The minimum absolute atomic E-state index is 0. The Kier molecular flexibility index (Phi) is 6.40. The Bertz CT molecular complexity index is 621. The second kappa shape index (κ2) is 7.59. The molecule has 1 aliphatic heterocycles. The summed E-state index contributed by atoms with van der Waals surface area (Å²) < 4.78 is 0. The molecule has 0 aliphatic carbocycles. The van der Waals surface area contributed by atoms with E-state index in [0.29, 0.717) is 5.69 Å². The van der Waals surface area contributed by atoms with E-state index >= 15 is 0 Å². The van der Waals surface area contributed by atoms with Crippen molar-refractivity contribution >= 4 is 41.6 Å². The van der Waals surface area contributed by atoms with E-state index < -0.39 is 0 Å². The number of pyridine rings is 1. The SMILES string of the molecule is CC1CNCCN1C(=O)c1ccc2ccccc2n1.Cl.Cl. The second-order valence-corrected chi connectivity index (χ2v) is 4.94. The van der Waals surface area contributed by atoms with Crippen molar-refractivity contribution in [3.8, 4) is 0 Å². The Morgan fingerprint density at radius 1 is 1.24 bits per heavy atom. The zero-order valence-electron chi connectivity index (χ0n) is 11.8. The van der Waals surface area contributed by atoms with E-state index in [-0.39, 0.29) is 36.8 Å². The van der Waals surface area contributed by atoms with Crippen molar-refractivity contribution < 1.29 is 4.79 Å². The maximum Gasteiger partial charge on any atom is 0.272 e. The summed E-state index contributed by atoms with van der Waals surface area (Å²) in [5.41, 5.74) is 1.41. The van der Waals surface area contributed by atoms with Crippen LogP contribution in [0.4, 0.5) is 0 Å². The number of carbonyl (C=O) groups is 1. The molecule has 6 heteroatoms. The topological polar surface area (TPSA) is 45.2 Å². The van der Waals surface area contributed by atoms with Crippen LogP contribution in [0, 0.1) is 0 Å². The largest absolute Gasteiger partial charge is 0.332 e. The quantitative estimate of drug-likeness (QED) is 0.875. The maximum atomic E-state index is 12.5. The molecule has 1 aromatic carbocycles. The number of hydrogen-bond acceptors (Lipinski definition) is 3. The number of nitrogens with zero attached hydrogens (tertiary/aromatic N) is 2. The van der Waals surface area contributed by atoms with Gasteiger partial charge >= 0.3 is 0 Å². The number of halogens is 2. The predicted octanol–water partition coefficient (Wildman–Crippen LogP) is 2.51. The highest BCUT2D eigenvalue weighted by molar-refractivity contribution is 5.95. The molecule has 0 bridgehead atoms. The minimum Gasteiger partial charge on any atom is -0.332 e. The van der Waals surface area contributed by atoms with Gasteiger partial charge in [0, 0.05) is 31.1 Å². The predicted molar refractivity (Wildman–Crippen MR) is 89.6 cm³/mol. The molecule has 1 N–H and O–H groups in total. The Labute approximate surface area is 136 Å². The first-order valence-electron chi connectivity index (χ1n) is 6.63. The van der Waals surface area contributed by atoms with Gasteiger partial charge in [-0.25, -0.2) is 4.98 Å². The van der Waals surface area contributed by atoms with Crippen molar-refractivity contribution in [1.29, 1.82) is 0 Å². The first-order valence-corrected chi connectivity index (χ1v) is 6.63. The van der Waals surface area contributed by atoms with Gasteiger partial charge in [0.15, 0.2) is 0 Å². The minimum atomic E-state index is 0. The van der Waals surface area contributed by atoms with Gasteiger partial charge in [-0.05, 0) is 19.1 Å². The molecule has 1 amide bonds. The molecule has 21 heavy (non-hydrogen) atoms. The highest BCUT2D eigenvalue weighted by Crippen LogP contribution is 2.14. The van der Waals surface area contributed by atoms with E-state index in [0.717, 1.165) is 30.5 Å². The lowest BCUT2D eigenvalue weighted by molar-refractivity contribution is 0.0650. The van der Waals surface area contributed by atoms with Crippen molar-refractivity contribution in [1.82, 2.24) is 15.2 Å². The summed E-state index contributed by atoms with van der Waals surface area (Å²) in [6.45, 7) is 4.50. The summed E-state index contributed by atoms with van der Waals surface area (Å²) in [7, 11) is 0. The van der Waals surface area contributed by atoms with Crippen molar-refractivity contribution in [3.05, 3.63) is 42.1 Å². The van der Waals surface area contributed by atoms with Crippen LogP contribution in [0.5, 0.6) is 0 Å². The molecule has 1 unspecified atom stereocenters. The van der Waals surface area contributed by atoms with Crippen LogP contribution in [0.25, 0.3) is 10.9 Å². The average Bonchev–Trinajstić information content (AvgIpc) is 2.46. The molecule has 0 spiro atoms. The van der Waals surface area contributed by atoms with Crippen LogP contribution in [0.3, 0.4) is 0 Å². The zero-order chi connectivity index (χ0) is 13.2. The summed E-state index contributed by atoms with van der Waals surface area (Å²) >= 11 is 0. The van der Waals surface area contributed by atoms with Crippen LogP contribution in [0.1, 0.15) is 17.4 Å². The standard InChI is InChI=1S/C15H17N3O.2ClH/c1-11-10-16-8-9-18(11)15(19)14-7-6-12-4-2-3-5-13(12)17-14;;/h2-7,11,16H,8-10H2,1H3;2*1H. The molecule has 1 aromatic heterocycles. The van der Waals surface area contributed by atoms with Crippen LogP contribution in [-0.2, 0) is 0 Å². The monoisotopic (exact) mass is 327 g/mol. The van der Waals surface area contributed by atoms with E-state index in [1.54, 1.807) is 0 Å². The van der Waals surface area contributed by atoms with Gasteiger partial charge in [0.05, 0.1) is 5.52 Å². The number of hydrogen-bond donors (Lipinski definition) is 1. The molecule has 2 heterocycles. The Morgan fingerprint density at radius 3 is 2.76 bits per heavy atom. The van der Waals surface area contributed by atoms with Crippen LogP contribution >= 0.6 is 24.8 Å². The van der Waals surface area contributed by atoms with E-state index in [4.69, 9.17) is 0 Å². The third-order valence-corrected chi connectivity index (χ3v) is 3.58. The summed E-state index contributed by atoms with van der Waals surface area (Å²) in [5, 5.41) is 4.35. The summed E-state index contributed by atoms with van der Waals surface area (Å²) in [5.74, 6) is 0.0275. The lowest BCUT2D eigenvalue weighted by Gasteiger charge is -2.33. The molecule has 1 atom stereocenters. The van der Waals surface area contributed by atoms with Crippen molar-refractivity contribution in [2.75, 3.05) is 19.6 Å². The highest BCUT2D eigenvalue weighted by atomic mass is 35.5. The number of benzene rings is 1. The third-order valence-electron chi connectivity index (χ3n) is 3.58. The molecule has 114 valence electrons. The van der Waals surface area contributed by atoms with Gasteiger partial charge in [-0.3, -0.25) is 4.79 Å². The average molecular weight is 328 g/mol. The van der Waals surface area contributed by atoms with Gasteiger partial charge in [-0.15, -0.1) is 24.8 Å². The normalized spacial score (nSPS) is 17.8. The first-order chi connectivity index (χ1) is 9.25. The fraction of sp³-hybridized carbons (Fsp3) is 0.333. The van der Waals surface area contributed by atoms with E-state index in [1.165, 1.54) is 0 Å². The van der Waals surface area contributed by atoms with E-state index in [2.05, 4.69) is 17.2 Å². The summed E-state index contributed by atoms with van der Waals surface area (Å²) in [6.07, 6.45) is 0. The summed E-state index contributed by atoms with van der Waals surface area (Å²) in [6, 6.07) is 11.9. The smallest absolute Gasteiger partial charge is 0.272 e. The van der Waals surface area contributed by atoms with Crippen LogP contribution < -0.4 is 5.32 Å². The van der Waals surface area contributed by atoms with Gasteiger partial charge in [0.1, 0.15) is 5.69 Å². The number of aromatic nitrogens is 1. The molecule has 3 rings (SSSR count). The van der Waals surface area contributed by atoms with Gasteiger partial charge < -0.3 is 10.2 Å². The maximum absolute atomic E-state index is 12.5. The van der Waals surface area contributed by atoms with Gasteiger partial charge in [0.2, 0.25) is 0 Å². The molecule has 1 aliphatic rings. The molecule has 1 saturated heterocycles. The van der Waals surface area contributed by atoms with Crippen molar-refractivity contribution in [2.24, 2.45) is 0 Å². The third kappa shape index (κ3) is 3.64. The number of carbonyl (C=O) groups excluding carboxylic acids is 1. The lowest BCUT2D eigenvalue weighted by atomic mass is 10.1. The number of piperazine rings is 1. The molecule has 0 radical (unpaired) electrons. The number of amides is 1. The molecular weight excluding hydrogens is 309 g/mol. The fourth-order valence-corrected chi connectivity index (χ4v) is 2.48. The number of nitrogens with one attached hydrogen (secondary N) is 1. The Morgan fingerprint density at radius 2 is 2.00 bits per heavy atom. The highest BCUT2D eigenvalue weighted by Gasteiger charge is 2.24. The lowest BCUT2D eigenvalue weighted by Crippen LogP contribution is -2.52. The van der Waals surface area contributed by atoms with Crippen LogP contribution in [0.15, 0.2) is 36.4 Å². The second-order valence-electron chi connectivity index (χ2n) is 4.94. The molecule has 4 nitrogen and oxygen atoms in total.